The maximum Gasteiger partial charge on any atom is 0.136 e. The second-order valence-corrected chi connectivity index (χ2v) is 7.36. The van der Waals surface area contributed by atoms with Crippen LogP contribution in [0.3, 0.4) is 0 Å². The summed E-state index contributed by atoms with van der Waals surface area (Å²) in [5.74, 6) is 1.02. The number of fused-ring (bicyclic) bond motifs is 1. The Morgan fingerprint density at radius 2 is 1.95 bits per heavy atom. The smallest absolute Gasteiger partial charge is 0.136 e. The molecule has 4 heteroatoms. The number of thioether (sulfide) groups is 1. The van der Waals surface area contributed by atoms with Crippen molar-refractivity contribution in [3.8, 4) is 0 Å². The molecule has 3 rings (SSSR count). The van der Waals surface area contributed by atoms with Gasteiger partial charge in [-0.3, -0.25) is 0 Å². The lowest BCUT2D eigenvalue weighted by Crippen LogP contribution is -2.41. The second-order valence-electron chi connectivity index (χ2n) is 5.48. The number of aliphatic hydroxyl groups is 1. The van der Waals surface area contributed by atoms with Crippen molar-refractivity contribution in [2.45, 2.75) is 31.0 Å². The third-order valence-electron chi connectivity index (χ3n) is 3.65. The molecule has 1 aliphatic heterocycles. The van der Waals surface area contributed by atoms with Gasteiger partial charge in [0.05, 0.1) is 12.3 Å². The number of pyridine rings is 1. The number of aliphatic hydroxyl groups excluding tert-OH is 1. The number of aromatic nitrogens is 1. The van der Waals surface area contributed by atoms with Gasteiger partial charge >= 0.3 is 0 Å². The summed E-state index contributed by atoms with van der Waals surface area (Å²) < 4.78 is 0. The molecular weight excluding hydrogens is 268 g/mol. The summed E-state index contributed by atoms with van der Waals surface area (Å²) in [6, 6.07) is 10.3. The molecule has 2 unspecified atom stereocenters. The fourth-order valence-electron chi connectivity index (χ4n) is 2.91. The first-order valence-electron chi connectivity index (χ1n) is 7.07. The van der Waals surface area contributed by atoms with Gasteiger partial charge in [-0.15, -0.1) is 0 Å². The Hall–Kier alpha value is -1.26. The van der Waals surface area contributed by atoms with Crippen molar-refractivity contribution in [2.24, 2.45) is 0 Å². The average Bonchev–Trinajstić information content (AvgIpc) is 2.45. The lowest BCUT2D eigenvalue weighted by atomic mass is 10.1. The largest absolute Gasteiger partial charge is 0.390 e. The molecule has 106 valence electrons. The van der Waals surface area contributed by atoms with Gasteiger partial charge in [-0.1, -0.05) is 38.1 Å². The first-order valence-corrected chi connectivity index (χ1v) is 8.01. The van der Waals surface area contributed by atoms with Gasteiger partial charge < -0.3 is 10.0 Å². The zero-order chi connectivity index (χ0) is 14.1. The van der Waals surface area contributed by atoms with Crippen molar-refractivity contribution in [3.63, 3.8) is 0 Å². The van der Waals surface area contributed by atoms with Crippen molar-refractivity contribution in [3.05, 3.63) is 36.0 Å². The standard InChI is InChI=1S/C16H20N2OS/c1-11-8-18(9-12(2)20-11)16-15-6-4-3-5-13(15)7-14(10-19)17-16/h3-7,11-12,19H,8-10H2,1-2H3. The Bertz CT molecular complexity index is 606. The normalized spacial score (nSPS) is 23.2. The Kier molecular flexibility index (Phi) is 3.85. The maximum absolute atomic E-state index is 9.44. The van der Waals surface area contributed by atoms with E-state index in [0.717, 1.165) is 30.0 Å². The molecule has 2 atom stereocenters. The summed E-state index contributed by atoms with van der Waals surface area (Å²) in [4.78, 5) is 7.05. The molecule has 2 heterocycles. The predicted molar refractivity (Wildman–Crippen MR) is 86.4 cm³/mol. The number of benzene rings is 1. The van der Waals surface area contributed by atoms with Crippen LogP contribution in [-0.4, -0.2) is 33.7 Å². The molecular formula is C16H20N2OS. The molecule has 0 radical (unpaired) electrons. The molecule has 1 aliphatic rings. The number of hydrogen-bond acceptors (Lipinski definition) is 4. The van der Waals surface area contributed by atoms with E-state index in [4.69, 9.17) is 0 Å². The molecule has 0 amide bonds. The molecule has 1 aromatic carbocycles. The van der Waals surface area contributed by atoms with Crippen LogP contribution in [0.4, 0.5) is 5.82 Å². The van der Waals surface area contributed by atoms with Crippen LogP contribution in [0.5, 0.6) is 0 Å². The highest BCUT2D eigenvalue weighted by atomic mass is 32.2. The molecule has 1 fully saturated rings. The van der Waals surface area contributed by atoms with E-state index in [-0.39, 0.29) is 6.61 Å². The SMILES string of the molecule is CC1CN(c2nc(CO)cc3ccccc23)CC(C)S1. The highest BCUT2D eigenvalue weighted by molar-refractivity contribution is 8.00. The minimum Gasteiger partial charge on any atom is -0.390 e. The Morgan fingerprint density at radius 1 is 1.25 bits per heavy atom. The van der Waals surface area contributed by atoms with Crippen LogP contribution in [-0.2, 0) is 6.61 Å². The predicted octanol–water partition coefficient (Wildman–Crippen LogP) is 3.06. The van der Waals surface area contributed by atoms with Crippen molar-refractivity contribution in [2.75, 3.05) is 18.0 Å². The lowest BCUT2D eigenvalue weighted by Gasteiger charge is -2.36. The van der Waals surface area contributed by atoms with E-state index in [1.165, 1.54) is 5.39 Å². The van der Waals surface area contributed by atoms with Crippen molar-refractivity contribution >= 4 is 28.4 Å². The van der Waals surface area contributed by atoms with E-state index in [9.17, 15) is 5.11 Å². The first-order chi connectivity index (χ1) is 9.67. The lowest BCUT2D eigenvalue weighted by molar-refractivity contribution is 0.277. The topological polar surface area (TPSA) is 36.4 Å². The van der Waals surface area contributed by atoms with E-state index in [2.05, 4.69) is 41.9 Å². The first kappa shape index (κ1) is 13.7. The Labute approximate surface area is 124 Å². The van der Waals surface area contributed by atoms with Crippen molar-refractivity contribution in [1.29, 1.82) is 0 Å². The van der Waals surface area contributed by atoms with Gasteiger partial charge in [-0.2, -0.15) is 11.8 Å². The second kappa shape index (κ2) is 5.62. The van der Waals surface area contributed by atoms with Gasteiger partial charge in [0.1, 0.15) is 5.82 Å². The van der Waals surface area contributed by atoms with Crippen LogP contribution in [0.25, 0.3) is 10.8 Å². The zero-order valence-corrected chi connectivity index (χ0v) is 12.7. The molecule has 2 aromatic rings. The molecule has 0 aliphatic carbocycles. The third-order valence-corrected chi connectivity index (χ3v) is 4.88. The monoisotopic (exact) mass is 288 g/mol. The van der Waals surface area contributed by atoms with E-state index in [1.807, 2.05) is 23.9 Å². The highest BCUT2D eigenvalue weighted by Gasteiger charge is 2.24. The van der Waals surface area contributed by atoms with E-state index in [0.29, 0.717) is 10.5 Å². The molecule has 1 aromatic heterocycles. The van der Waals surface area contributed by atoms with Crippen LogP contribution >= 0.6 is 11.8 Å². The summed E-state index contributed by atoms with van der Waals surface area (Å²) in [5.41, 5.74) is 0.747. The van der Waals surface area contributed by atoms with Crippen LogP contribution in [0.1, 0.15) is 19.5 Å². The van der Waals surface area contributed by atoms with Gasteiger partial charge in [-0.05, 0) is 11.5 Å². The minimum absolute atomic E-state index is 0.00840. The van der Waals surface area contributed by atoms with Crippen LogP contribution in [0, 0.1) is 0 Å². The molecule has 1 saturated heterocycles. The third kappa shape index (κ3) is 2.63. The van der Waals surface area contributed by atoms with Crippen LogP contribution in [0.2, 0.25) is 0 Å². The van der Waals surface area contributed by atoms with Gasteiger partial charge in [0.25, 0.3) is 0 Å². The summed E-state index contributed by atoms with van der Waals surface area (Å²) in [6.45, 7) is 6.56. The van der Waals surface area contributed by atoms with Gasteiger partial charge in [0, 0.05) is 29.0 Å². The molecule has 1 N–H and O–H groups in total. The van der Waals surface area contributed by atoms with E-state index < -0.39 is 0 Å². The van der Waals surface area contributed by atoms with Crippen molar-refractivity contribution in [1.82, 2.24) is 4.98 Å². The number of rotatable bonds is 2. The highest BCUT2D eigenvalue weighted by Crippen LogP contribution is 2.32. The summed E-state index contributed by atoms with van der Waals surface area (Å²) in [6.07, 6.45) is 0. The van der Waals surface area contributed by atoms with Crippen molar-refractivity contribution < 1.29 is 5.11 Å². The van der Waals surface area contributed by atoms with Gasteiger partial charge in [0.2, 0.25) is 0 Å². The Balaban J connectivity index is 2.09. The van der Waals surface area contributed by atoms with Crippen LogP contribution < -0.4 is 4.90 Å². The number of nitrogens with zero attached hydrogens (tertiary/aromatic N) is 2. The zero-order valence-electron chi connectivity index (χ0n) is 11.9. The molecule has 20 heavy (non-hydrogen) atoms. The molecule has 0 spiro atoms. The Morgan fingerprint density at radius 3 is 2.65 bits per heavy atom. The van der Waals surface area contributed by atoms with Gasteiger partial charge in [-0.25, -0.2) is 4.98 Å². The summed E-state index contributed by atoms with van der Waals surface area (Å²) in [7, 11) is 0. The van der Waals surface area contributed by atoms with E-state index in [1.54, 1.807) is 0 Å². The van der Waals surface area contributed by atoms with E-state index >= 15 is 0 Å². The molecule has 0 saturated carbocycles. The molecule has 0 bridgehead atoms. The number of anilines is 1. The number of hydrogen-bond donors (Lipinski definition) is 1. The van der Waals surface area contributed by atoms with Crippen LogP contribution in [0.15, 0.2) is 30.3 Å². The van der Waals surface area contributed by atoms with Gasteiger partial charge in [0.15, 0.2) is 0 Å². The molecule has 3 nitrogen and oxygen atoms in total. The fourth-order valence-corrected chi connectivity index (χ4v) is 4.23. The maximum atomic E-state index is 9.44. The quantitative estimate of drug-likeness (QED) is 0.921. The average molecular weight is 288 g/mol. The minimum atomic E-state index is -0.00840. The fraction of sp³-hybridized carbons (Fsp3) is 0.438. The summed E-state index contributed by atoms with van der Waals surface area (Å²) >= 11 is 2.04. The summed E-state index contributed by atoms with van der Waals surface area (Å²) in [5, 5.41) is 13.0.